The standard InChI is InChI=1S/C17H34N4O3/c1-23-16(22)8-5-3-2-4-6-9-19-17(18)20-10-7-11-21-12-14-24-15-13-21/h2-15H2,1H3,(H3,18,19,20). The molecule has 3 N–H and O–H groups in total. The van der Waals surface area contributed by atoms with E-state index >= 15 is 0 Å². The van der Waals surface area contributed by atoms with Crippen molar-refractivity contribution in [1.29, 1.82) is 0 Å². The molecule has 0 aromatic heterocycles. The molecule has 0 unspecified atom stereocenters. The Hall–Kier alpha value is -1.34. The number of rotatable bonds is 12. The van der Waals surface area contributed by atoms with Gasteiger partial charge in [-0.2, -0.15) is 0 Å². The molecule has 7 nitrogen and oxygen atoms in total. The summed E-state index contributed by atoms with van der Waals surface area (Å²) in [5, 5.41) is 3.16. The molecule has 140 valence electrons. The molecule has 0 aliphatic carbocycles. The maximum absolute atomic E-state index is 11.0. The van der Waals surface area contributed by atoms with Crippen LogP contribution in [0.25, 0.3) is 0 Å². The maximum Gasteiger partial charge on any atom is 0.305 e. The van der Waals surface area contributed by atoms with Gasteiger partial charge in [-0.3, -0.25) is 14.7 Å². The highest BCUT2D eigenvalue weighted by Gasteiger charge is 2.08. The van der Waals surface area contributed by atoms with Crippen LogP contribution in [0.1, 0.15) is 44.9 Å². The largest absolute Gasteiger partial charge is 0.469 e. The smallest absolute Gasteiger partial charge is 0.305 e. The Bertz CT molecular complexity index is 358. The van der Waals surface area contributed by atoms with Crippen LogP contribution in [-0.4, -0.2) is 69.9 Å². The monoisotopic (exact) mass is 342 g/mol. The second-order valence-electron chi connectivity index (χ2n) is 6.10. The third-order valence-electron chi connectivity index (χ3n) is 4.11. The molecule has 1 rings (SSSR count). The van der Waals surface area contributed by atoms with Crippen LogP contribution in [0.15, 0.2) is 4.99 Å². The van der Waals surface area contributed by atoms with E-state index in [0.717, 1.165) is 84.5 Å². The number of aliphatic imine (C=N–C) groups is 1. The van der Waals surface area contributed by atoms with E-state index in [2.05, 4.69) is 19.9 Å². The molecule has 0 aromatic carbocycles. The van der Waals surface area contributed by atoms with Gasteiger partial charge in [-0.15, -0.1) is 0 Å². The summed E-state index contributed by atoms with van der Waals surface area (Å²) in [6, 6.07) is 0. The number of carbonyl (C=O) groups is 1. The summed E-state index contributed by atoms with van der Waals surface area (Å²) < 4.78 is 9.94. The van der Waals surface area contributed by atoms with E-state index in [1.54, 1.807) is 0 Å². The fourth-order valence-corrected chi connectivity index (χ4v) is 2.62. The predicted molar refractivity (Wildman–Crippen MR) is 96.1 cm³/mol. The lowest BCUT2D eigenvalue weighted by atomic mass is 10.1. The summed E-state index contributed by atoms with van der Waals surface area (Å²) in [7, 11) is 1.43. The molecule has 1 heterocycles. The summed E-state index contributed by atoms with van der Waals surface area (Å²) in [6.07, 6.45) is 6.88. The van der Waals surface area contributed by atoms with Gasteiger partial charge in [-0.25, -0.2) is 0 Å². The van der Waals surface area contributed by atoms with Crippen molar-refractivity contribution in [3.05, 3.63) is 0 Å². The number of nitrogens with one attached hydrogen (secondary N) is 1. The fraction of sp³-hybridized carbons (Fsp3) is 0.882. The van der Waals surface area contributed by atoms with Crippen molar-refractivity contribution in [3.8, 4) is 0 Å². The molecule has 1 saturated heterocycles. The van der Waals surface area contributed by atoms with E-state index in [9.17, 15) is 4.79 Å². The van der Waals surface area contributed by atoms with Crippen molar-refractivity contribution in [2.45, 2.75) is 44.9 Å². The zero-order valence-electron chi connectivity index (χ0n) is 15.1. The van der Waals surface area contributed by atoms with Crippen LogP contribution >= 0.6 is 0 Å². The van der Waals surface area contributed by atoms with E-state index in [0.29, 0.717) is 12.4 Å². The molecule has 1 aliphatic heterocycles. The van der Waals surface area contributed by atoms with Gasteiger partial charge in [-0.05, 0) is 19.3 Å². The average Bonchev–Trinajstić information content (AvgIpc) is 2.61. The molecule has 0 saturated carbocycles. The molecule has 0 spiro atoms. The third-order valence-corrected chi connectivity index (χ3v) is 4.11. The fourth-order valence-electron chi connectivity index (χ4n) is 2.62. The minimum atomic E-state index is -0.116. The quantitative estimate of drug-likeness (QED) is 0.239. The minimum Gasteiger partial charge on any atom is -0.469 e. The molecule has 0 atom stereocenters. The van der Waals surface area contributed by atoms with Crippen LogP contribution in [-0.2, 0) is 14.3 Å². The van der Waals surface area contributed by atoms with Crippen LogP contribution in [0.3, 0.4) is 0 Å². The Morgan fingerprint density at radius 2 is 1.88 bits per heavy atom. The average molecular weight is 342 g/mol. The Morgan fingerprint density at radius 1 is 1.17 bits per heavy atom. The zero-order valence-corrected chi connectivity index (χ0v) is 15.1. The molecule has 0 radical (unpaired) electrons. The van der Waals surface area contributed by atoms with E-state index in [4.69, 9.17) is 10.5 Å². The van der Waals surface area contributed by atoms with Gasteiger partial charge in [0, 0.05) is 39.1 Å². The normalized spacial score (nSPS) is 16.1. The highest BCUT2D eigenvalue weighted by molar-refractivity contribution is 5.77. The number of hydrogen-bond donors (Lipinski definition) is 2. The van der Waals surface area contributed by atoms with Gasteiger partial charge >= 0.3 is 5.97 Å². The van der Waals surface area contributed by atoms with Gasteiger partial charge in [-0.1, -0.05) is 19.3 Å². The Kier molecular flexibility index (Phi) is 12.1. The van der Waals surface area contributed by atoms with E-state index in [-0.39, 0.29) is 5.97 Å². The summed E-state index contributed by atoms with van der Waals surface area (Å²) >= 11 is 0. The van der Waals surface area contributed by atoms with Crippen LogP contribution in [0.5, 0.6) is 0 Å². The van der Waals surface area contributed by atoms with E-state index < -0.39 is 0 Å². The van der Waals surface area contributed by atoms with Gasteiger partial charge < -0.3 is 20.5 Å². The number of hydrogen-bond acceptors (Lipinski definition) is 5. The highest BCUT2D eigenvalue weighted by atomic mass is 16.5. The molecular formula is C17H34N4O3. The number of guanidine groups is 1. The lowest BCUT2D eigenvalue weighted by molar-refractivity contribution is -0.140. The Morgan fingerprint density at radius 3 is 2.62 bits per heavy atom. The van der Waals surface area contributed by atoms with E-state index in [1.807, 2.05) is 0 Å². The second-order valence-corrected chi connectivity index (χ2v) is 6.10. The van der Waals surface area contributed by atoms with E-state index in [1.165, 1.54) is 7.11 Å². The van der Waals surface area contributed by atoms with Gasteiger partial charge in [0.2, 0.25) is 0 Å². The number of nitrogens with zero attached hydrogens (tertiary/aromatic N) is 2. The van der Waals surface area contributed by atoms with Gasteiger partial charge in [0.25, 0.3) is 0 Å². The van der Waals surface area contributed by atoms with Crippen LogP contribution < -0.4 is 11.1 Å². The zero-order chi connectivity index (χ0) is 17.5. The molecule has 7 heteroatoms. The highest BCUT2D eigenvalue weighted by Crippen LogP contribution is 2.05. The molecule has 1 fully saturated rings. The first-order valence-electron chi connectivity index (χ1n) is 9.13. The maximum atomic E-state index is 11.0. The third kappa shape index (κ3) is 11.2. The number of nitrogens with two attached hydrogens (primary N) is 1. The molecule has 0 bridgehead atoms. The van der Waals surface area contributed by atoms with Crippen LogP contribution in [0.2, 0.25) is 0 Å². The molecule has 0 amide bonds. The van der Waals surface area contributed by atoms with Crippen LogP contribution in [0, 0.1) is 0 Å². The van der Waals surface area contributed by atoms with Gasteiger partial charge in [0.15, 0.2) is 5.96 Å². The summed E-state index contributed by atoms with van der Waals surface area (Å²) in [4.78, 5) is 17.7. The SMILES string of the molecule is COC(=O)CCCCCCCNC(N)=NCCCN1CCOCC1. The Labute approximate surface area is 146 Å². The number of ether oxygens (including phenoxy) is 2. The Balaban J connectivity index is 1.88. The lowest BCUT2D eigenvalue weighted by Gasteiger charge is -2.26. The van der Waals surface area contributed by atoms with Crippen molar-refractivity contribution in [1.82, 2.24) is 10.2 Å². The number of carbonyl (C=O) groups excluding carboxylic acids is 1. The predicted octanol–water partition coefficient (Wildman–Crippen LogP) is 1.13. The summed E-state index contributed by atoms with van der Waals surface area (Å²) in [6.45, 7) is 6.42. The molecular weight excluding hydrogens is 308 g/mol. The van der Waals surface area contributed by atoms with Crippen LogP contribution in [0.4, 0.5) is 0 Å². The topological polar surface area (TPSA) is 89.2 Å². The van der Waals surface area contributed by atoms with Crippen molar-refractivity contribution in [3.63, 3.8) is 0 Å². The van der Waals surface area contributed by atoms with Crippen molar-refractivity contribution in [2.24, 2.45) is 10.7 Å². The van der Waals surface area contributed by atoms with Crippen molar-refractivity contribution >= 4 is 11.9 Å². The lowest BCUT2D eigenvalue weighted by Crippen LogP contribution is -2.37. The first kappa shape index (κ1) is 20.7. The second kappa shape index (κ2) is 14.0. The molecule has 24 heavy (non-hydrogen) atoms. The first-order valence-corrected chi connectivity index (χ1v) is 9.13. The summed E-state index contributed by atoms with van der Waals surface area (Å²) in [5.41, 5.74) is 5.86. The van der Waals surface area contributed by atoms with Gasteiger partial charge in [0.05, 0.1) is 20.3 Å². The van der Waals surface area contributed by atoms with Crippen molar-refractivity contribution < 1.29 is 14.3 Å². The number of morpholine rings is 1. The number of esters is 1. The first-order chi connectivity index (χ1) is 11.7. The van der Waals surface area contributed by atoms with Crippen molar-refractivity contribution in [2.75, 3.05) is 53.0 Å². The minimum absolute atomic E-state index is 0.116. The summed E-state index contributed by atoms with van der Waals surface area (Å²) in [5.74, 6) is 0.428. The number of methoxy groups -OCH3 is 1. The molecule has 1 aliphatic rings. The van der Waals surface area contributed by atoms with Gasteiger partial charge in [0.1, 0.15) is 0 Å². The molecule has 0 aromatic rings. The number of unbranched alkanes of at least 4 members (excludes halogenated alkanes) is 4.